The lowest BCUT2D eigenvalue weighted by atomic mass is 9.95. The predicted octanol–water partition coefficient (Wildman–Crippen LogP) is -0.293. The summed E-state index contributed by atoms with van der Waals surface area (Å²) in [6.45, 7) is 1.24. The number of nitrogen functional groups attached to an aromatic ring is 2. The van der Waals surface area contributed by atoms with Crippen LogP contribution in [0.15, 0.2) is 29.1 Å². The molecule has 0 bridgehead atoms. The van der Waals surface area contributed by atoms with Gasteiger partial charge in [-0.2, -0.15) is 5.26 Å². The van der Waals surface area contributed by atoms with Gasteiger partial charge in [0.05, 0.1) is 5.56 Å². The third kappa shape index (κ3) is 2.76. The number of primary amides is 1. The van der Waals surface area contributed by atoms with E-state index in [1.54, 1.807) is 6.07 Å². The molecule has 1 heterocycles. The Labute approximate surface area is 135 Å². The summed E-state index contributed by atoms with van der Waals surface area (Å²) in [7, 11) is 0. The van der Waals surface area contributed by atoms with Crippen LogP contribution in [0.3, 0.4) is 0 Å². The summed E-state index contributed by atoms with van der Waals surface area (Å²) >= 11 is 0. The third-order valence-electron chi connectivity index (χ3n) is 3.21. The van der Waals surface area contributed by atoms with Gasteiger partial charge in [0.15, 0.2) is 0 Å². The highest BCUT2D eigenvalue weighted by molar-refractivity contribution is 6.05. The fraction of sp³-hybridized carbons (Fsp3) is 0.0667. The Bertz CT molecular complexity index is 938. The molecule has 0 saturated carbocycles. The Hall–Kier alpha value is -3.80. The van der Waals surface area contributed by atoms with Gasteiger partial charge in [-0.25, -0.2) is 4.68 Å². The average Bonchev–Trinajstić information content (AvgIpc) is 2.52. The molecule has 1 amide bonds. The number of hydrogen-bond acceptors (Lipinski definition) is 7. The molecule has 1 aromatic heterocycles. The molecule has 1 aromatic carbocycles. The normalized spacial score (nSPS) is 10.0. The molecular formula is C15H13N5O4. The van der Waals surface area contributed by atoms with Crippen LogP contribution in [0, 0.1) is 11.3 Å². The number of pyridine rings is 1. The first kappa shape index (κ1) is 16.6. The minimum Gasteiger partial charge on any atom is -0.427 e. The van der Waals surface area contributed by atoms with Crippen LogP contribution >= 0.6 is 0 Å². The molecule has 0 atom stereocenters. The monoisotopic (exact) mass is 327 g/mol. The maximum atomic E-state index is 12.1. The molecule has 9 heteroatoms. The topological polar surface area (TPSA) is 167 Å². The highest BCUT2D eigenvalue weighted by Gasteiger charge is 2.24. The Morgan fingerprint density at radius 3 is 2.29 bits per heavy atom. The molecule has 2 rings (SSSR count). The van der Waals surface area contributed by atoms with E-state index >= 15 is 0 Å². The summed E-state index contributed by atoms with van der Waals surface area (Å²) in [6.07, 6.45) is 0. The van der Waals surface area contributed by atoms with Gasteiger partial charge in [-0.1, -0.05) is 12.1 Å². The van der Waals surface area contributed by atoms with Crippen molar-refractivity contribution in [2.75, 3.05) is 11.6 Å². The molecule has 24 heavy (non-hydrogen) atoms. The van der Waals surface area contributed by atoms with E-state index in [2.05, 4.69) is 0 Å². The highest BCUT2D eigenvalue weighted by Crippen LogP contribution is 2.30. The minimum atomic E-state index is -0.942. The van der Waals surface area contributed by atoms with Crippen molar-refractivity contribution in [3.8, 4) is 22.9 Å². The van der Waals surface area contributed by atoms with Crippen molar-refractivity contribution >= 4 is 17.7 Å². The molecule has 0 saturated heterocycles. The highest BCUT2D eigenvalue weighted by atomic mass is 16.5. The number of esters is 1. The van der Waals surface area contributed by atoms with E-state index in [0.717, 1.165) is 0 Å². The lowest BCUT2D eigenvalue weighted by molar-refractivity contribution is -0.131. The number of amides is 1. The summed E-state index contributed by atoms with van der Waals surface area (Å²) in [5.41, 5.74) is 9.84. The summed E-state index contributed by atoms with van der Waals surface area (Å²) in [6, 6.07) is 7.50. The van der Waals surface area contributed by atoms with Gasteiger partial charge in [0.1, 0.15) is 23.2 Å². The Balaban J connectivity index is 2.78. The summed E-state index contributed by atoms with van der Waals surface area (Å²) < 4.78 is 5.40. The summed E-state index contributed by atoms with van der Waals surface area (Å²) in [4.78, 5) is 34.8. The maximum absolute atomic E-state index is 12.1. The van der Waals surface area contributed by atoms with Crippen LogP contribution in [0.5, 0.6) is 5.75 Å². The Kier molecular flexibility index (Phi) is 4.23. The first-order valence-corrected chi connectivity index (χ1v) is 6.60. The van der Waals surface area contributed by atoms with E-state index in [1.165, 1.54) is 31.2 Å². The molecule has 0 radical (unpaired) electrons. The summed E-state index contributed by atoms with van der Waals surface area (Å²) in [5.74, 6) is 3.94. The zero-order chi connectivity index (χ0) is 18.0. The van der Waals surface area contributed by atoms with E-state index < -0.39 is 17.4 Å². The molecule has 122 valence electrons. The van der Waals surface area contributed by atoms with Crippen molar-refractivity contribution in [2.24, 2.45) is 5.73 Å². The number of nitriles is 1. The van der Waals surface area contributed by atoms with Crippen LogP contribution in [0.2, 0.25) is 0 Å². The molecular weight excluding hydrogens is 314 g/mol. The van der Waals surface area contributed by atoms with Gasteiger partial charge in [0.2, 0.25) is 0 Å². The number of nitrogens with zero attached hydrogens (tertiary/aromatic N) is 2. The fourth-order valence-corrected chi connectivity index (χ4v) is 2.21. The van der Waals surface area contributed by atoms with E-state index in [9.17, 15) is 19.6 Å². The molecule has 0 unspecified atom stereocenters. The Morgan fingerprint density at radius 1 is 1.25 bits per heavy atom. The van der Waals surface area contributed by atoms with E-state index in [1.807, 2.05) is 0 Å². The number of anilines is 1. The molecule has 0 fully saturated rings. The second-order valence-electron chi connectivity index (χ2n) is 4.78. The smallest absolute Gasteiger partial charge is 0.308 e. The largest absolute Gasteiger partial charge is 0.427 e. The fourth-order valence-electron chi connectivity index (χ4n) is 2.21. The SMILES string of the molecule is CC(=O)Oc1ccc(-c2c(C(N)=O)c(N)n(N)c(=O)c2C#N)cc1. The van der Waals surface area contributed by atoms with Crippen LogP contribution in [0.25, 0.3) is 11.1 Å². The second-order valence-corrected chi connectivity index (χ2v) is 4.78. The lowest BCUT2D eigenvalue weighted by Gasteiger charge is -2.14. The number of hydrogen-bond donors (Lipinski definition) is 3. The maximum Gasteiger partial charge on any atom is 0.308 e. The number of benzene rings is 1. The number of carbonyl (C=O) groups excluding carboxylic acids is 2. The van der Waals surface area contributed by atoms with Crippen LogP contribution in [-0.2, 0) is 4.79 Å². The lowest BCUT2D eigenvalue weighted by Crippen LogP contribution is -2.35. The summed E-state index contributed by atoms with van der Waals surface area (Å²) in [5, 5.41) is 9.27. The van der Waals surface area contributed by atoms with Gasteiger partial charge in [-0.05, 0) is 17.7 Å². The Morgan fingerprint density at radius 2 is 1.83 bits per heavy atom. The van der Waals surface area contributed by atoms with Crippen molar-refractivity contribution < 1.29 is 14.3 Å². The van der Waals surface area contributed by atoms with Crippen molar-refractivity contribution in [1.29, 1.82) is 5.26 Å². The van der Waals surface area contributed by atoms with Crippen LogP contribution in [-0.4, -0.2) is 16.6 Å². The zero-order valence-electron chi connectivity index (χ0n) is 12.6. The molecule has 0 aliphatic rings. The molecule has 0 spiro atoms. The van der Waals surface area contributed by atoms with Crippen molar-refractivity contribution in [1.82, 2.24) is 4.68 Å². The van der Waals surface area contributed by atoms with E-state index in [-0.39, 0.29) is 28.3 Å². The van der Waals surface area contributed by atoms with Crippen molar-refractivity contribution in [3.05, 3.63) is 45.7 Å². The number of ether oxygens (including phenoxy) is 1. The first-order chi connectivity index (χ1) is 11.3. The molecule has 6 N–H and O–H groups in total. The number of nitrogens with two attached hydrogens (primary N) is 3. The molecule has 2 aromatic rings. The minimum absolute atomic E-state index is 0.0245. The standard InChI is InChI=1S/C15H13N5O4/c1-7(21)24-9-4-2-8(3-5-9)11-10(6-16)15(23)20(19)13(17)12(11)14(18)22/h2-5H,17,19H2,1H3,(H2,18,22). The van der Waals surface area contributed by atoms with Crippen LogP contribution in [0.4, 0.5) is 5.82 Å². The van der Waals surface area contributed by atoms with Crippen LogP contribution in [0.1, 0.15) is 22.8 Å². The van der Waals surface area contributed by atoms with Gasteiger partial charge in [0, 0.05) is 12.5 Å². The van der Waals surface area contributed by atoms with Crippen LogP contribution < -0.4 is 27.6 Å². The van der Waals surface area contributed by atoms with Gasteiger partial charge >= 0.3 is 5.97 Å². The number of carbonyl (C=O) groups is 2. The third-order valence-corrected chi connectivity index (χ3v) is 3.21. The van der Waals surface area contributed by atoms with Gasteiger partial charge in [-0.3, -0.25) is 14.4 Å². The second kappa shape index (κ2) is 6.13. The average molecular weight is 327 g/mol. The number of aromatic nitrogens is 1. The number of rotatable bonds is 3. The van der Waals surface area contributed by atoms with Gasteiger partial charge < -0.3 is 22.0 Å². The van der Waals surface area contributed by atoms with E-state index in [4.69, 9.17) is 22.0 Å². The van der Waals surface area contributed by atoms with Gasteiger partial charge in [-0.15, -0.1) is 0 Å². The quantitative estimate of drug-likeness (QED) is 0.395. The predicted molar refractivity (Wildman–Crippen MR) is 85.2 cm³/mol. The van der Waals surface area contributed by atoms with Crippen molar-refractivity contribution in [3.63, 3.8) is 0 Å². The molecule has 0 aliphatic carbocycles. The zero-order valence-corrected chi connectivity index (χ0v) is 12.6. The molecule has 9 nitrogen and oxygen atoms in total. The van der Waals surface area contributed by atoms with Crippen molar-refractivity contribution in [2.45, 2.75) is 6.92 Å². The van der Waals surface area contributed by atoms with E-state index in [0.29, 0.717) is 10.2 Å². The van der Waals surface area contributed by atoms with Gasteiger partial charge in [0.25, 0.3) is 11.5 Å². The first-order valence-electron chi connectivity index (χ1n) is 6.60. The molecule has 0 aliphatic heterocycles.